The highest BCUT2D eigenvalue weighted by Crippen LogP contribution is 2.69. The summed E-state index contributed by atoms with van der Waals surface area (Å²) >= 11 is 1.67. The molecular weight excluding hydrogens is 500 g/mol. The van der Waals surface area contributed by atoms with Crippen molar-refractivity contribution in [2.75, 3.05) is 19.8 Å². The molecule has 3 heterocycles. The first-order valence-electron chi connectivity index (χ1n) is 14.6. The Kier molecular flexibility index (Phi) is 9.34. The van der Waals surface area contributed by atoms with Crippen LogP contribution in [0.2, 0.25) is 0 Å². The molecule has 0 aromatic rings. The van der Waals surface area contributed by atoms with Crippen LogP contribution in [-0.4, -0.2) is 80.6 Å². The fraction of sp³-hybridized carbons (Fsp3) is 0.767. The van der Waals surface area contributed by atoms with E-state index in [0.29, 0.717) is 13.0 Å². The van der Waals surface area contributed by atoms with Crippen molar-refractivity contribution in [2.24, 2.45) is 23.7 Å². The summed E-state index contributed by atoms with van der Waals surface area (Å²) in [4.78, 5) is 46.3. The number of esters is 1. The number of aliphatic hydroxyl groups is 1. The Bertz CT molecular complexity index is 920. The lowest BCUT2D eigenvalue weighted by atomic mass is 9.66. The maximum absolute atomic E-state index is 14.7. The zero-order valence-electron chi connectivity index (χ0n) is 23.3. The average Bonchev–Trinajstić information content (AvgIpc) is 3.51. The number of nitrogens with zero attached hydrogens (tertiary/aromatic N) is 2. The molecule has 3 aliphatic heterocycles. The zero-order valence-corrected chi connectivity index (χ0v) is 24.2. The van der Waals surface area contributed by atoms with Gasteiger partial charge >= 0.3 is 5.97 Å². The van der Waals surface area contributed by atoms with E-state index in [1.165, 1.54) is 6.42 Å². The van der Waals surface area contributed by atoms with Crippen LogP contribution in [0.15, 0.2) is 25.3 Å². The van der Waals surface area contributed by atoms with Gasteiger partial charge in [-0.2, -0.15) is 0 Å². The lowest BCUT2D eigenvalue weighted by Gasteiger charge is -2.45. The number of carbonyl (C=O) groups excluding carboxylic acids is 3. The molecule has 0 radical (unpaired) electrons. The van der Waals surface area contributed by atoms with E-state index in [0.717, 1.165) is 38.5 Å². The molecule has 212 valence electrons. The van der Waals surface area contributed by atoms with Crippen LogP contribution in [0.3, 0.4) is 0 Å². The normalized spacial score (nSPS) is 34.1. The van der Waals surface area contributed by atoms with Gasteiger partial charge in [0.15, 0.2) is 0 Å². The van der Waals surface area contributed by atoms with Gasteiger partial charge < -0.3 is 19.6 Å². The van der Waals surface area contributed by atoms with Crippen LogP contribution in [0.5, 0.6) is 0 Å². The fourth-order valence-corrected chi connectivity index (χ4v) is 10.0. The quantitative estimate of drug-likeness (QED) is 0.224. The summed E-state index contributed by atoms with van der Waals surface area (Å²) in [6, 6.07) is -1.08. The Morgan fingerprint density at radius 2 is 1.97 bits per heavy atom. The number of rotatable bonds is 12. The van der Waals surface area contributed by atoms with Crippen molar-refractivity contribution in [1.29, 1.82) is 0 Å². The third kappa shape index (κ3) is 4.74. The minimum Gasteiger partial charge on any atom is -0.465 e. The molecule has 0 aromatic carbocycles. The molecule has 7 nitrogen and oxygen atoms in total. The molecule has 2 bridgehead atoms. The van der Waals surface area contributed by atoms with Crippen LogP contribution < -0.4 is 0 Å². The average molecular weight is 547 g/mol. The summed E-state index contributed by atoms with van der Waals surface area (Å²) in [5, 5.41) is 10.5. The summed E-state index contributed by atoms with van der Waals surface area (Å²) in [6.45, 7) is 14.3. The number of hydrogen-bond donors (Lipinski definition) is 1. The van der Waals surface area contributed by atoms with E-state index in [9.17, 15) is 19.5 Å². The maximum Gasteiger partial charge on any atom is 0.310 e. The summed E-state index contributed by atoms with van der Waals surface area (Å²) in [5.41, 5.74) is 0. The molecular formula is C30H46N2O5S. The van der Waals surface area contributed by atoms with Gasteiger partial charge in [-0.15, -0.1) is 24.9 Å². The number of amides is 2. The van der Waals surface area contributed by atoms with Gasteiger partial charge in [0.05, 0.1) is 35.8 Å². The minimum absolute atomic E-state index is 0.00695. The Labute approximate surface area is 232 Å². The van der Waals surface area contributed by atoms with Crippen LogP contribution in [-0.2, 0) is 19.1 Å². The molecule has 1 N–H and O–H groups in total. The summed E-state index contributed by atoms with van der Waals surface area (Å²) in [6.07, 6.45) is 10.8. The molecule has 4 aliphatic rings. The standard InChI is InChI=1S/C30H46N2O5S/c1-6-9-16-37-29(36)24-23-17-20(5)30(38-23)25(24)27(34)32(22(18-33)19(4)8-3)26(30)28(35)31(15-7-2)21-13-11-10-12-14-21/h6-7,19-26,33H,1-2,8-18H2,3-5H3/t19-,20?,22-,23-,24+,25-,26?,30?/m0/s1. The summed E-state index contributed by atoms with van der Waals surface area (Å²) < 4.78 is 4.91. The third-order valence-electron chi connectivity index (χ3n) is 9.73. The SMILES string of the molecule is C=CCCOC(=O)[C@@H]1[C@@H]2CC(C)C3(S2)C(C(=O)N(CC=C)C2CCCCC2)N([C@@H](CO)[C@@H](C)CC)C(=O)[C@H]13. The van der Waals surface area contributed by atoms with Crippen LogP contribution in [0.1, 0.15) is 72.1 Å². The van der Waals surface area contributed by atoms with Crippen molar-refractivity contribution in [1.82, 2.24) is 9.80 Å². The molecule has 1 spiro atoms. The van der Waals surface area contributed by atoms with Gasteiger partial charge in [-0.25, -0.2) is 0 Å². The Morgan fingerprint density at radius 3 is 2.58 bits per heavy atom. The van der Waals surface area contributed by atoms with Gasteiger partial charge in [-0.3, -0.25) is 14.4 Å². The van der Waals surface area contributed by atoms with Crippen molar-refractivity contribution in [3.8, 4) is 0 Å². The number of aliphatic hydroxyl groups excluding tert-OH is 1. The highest BCUT2D eigenvalue weighted by molar-refractivity contribution is 8.02. The lowest BCUT2D eigenvalue weighted by molar-refractivity contribution is -0.155. The Hall–Kier alpha value is -1.80. The van der Waals surface area contributed by atoms with E-state index in [2.05, 4.69) is 20.1 Å². The molecule has 1 saturated carbocycles. The summed E-state index contributed by atoms with van der Waals surface area (Å²) in [7, 11) is 0. The van der Waals surface area contributed by atoms with E-state index in [-0.39, 0.29) is 54.1 Å². The molecule has 2 amide bonds. The second-order valence-corrected chi connectivity index (χ2v) is 13.3. The molecule has 8 atom stereocenters. The van der Waals surface area contributed by atoms with Crippen LogP contribution in [0.4, 0.5) is 0 Å². The van der Waals surface area contributed by atoms with Gasteiger partial charge in [0, 0.05) is 17.8 Å². The van der Waals surface area contributed by atoms with Gasteiger partial charge in [0.1, 0.15) is 6.04 Å². The number of hydrogen-bond acceptors (Lipinski definition) is 6. The predicted molar refractivity (Wildman–Crippen MR) is 150 cm³/mol. The van der Waals surface area contributed by atoms with Crippen LogP contribution >= 0.6 is 11.8 Å². The van der Waals surface area contributed by atoms with Crippen molar-refractivity contribution >= 4 is 29.5 Å². The van der Waals surface area contributed by atoms with Crippen LogP contribution in [0.25, 0.3) is 0 Å². The molecule has 1 aliphatic carbocycles. The second kappa shape index (κ2) is 12.2. The third-order valence-corrected chi connectivity index (χ3v) is 11.8. The molecule has 3 saturated heterocycles. The maximum atomic E-state index is 14.7. The second-order valence-electron chi connectivity index (χ2n) is 11.7. The van der Waals surface area contributed by atoms with E-state index in [1.54, 1.807) is 28.8 Å². The van der Waals surface area contributed by atoms with E-state index < -0.39 is 28.7 Å². The number of carbonyl (C=O) groups is 3. The van der Waals surface area contributed by atoms with Gasteiger partial charge in [0.2, 0.25) is 11.8 Å². The van der Waals surface area contributed by atoms with Crippen molar-refractivity contribution in [3.05, 3.63) is 25.3 Å². The van der Waals surface area contributed by atoms with E-state index in [1.807, 2.05) is 18.7 Å². The van der Waals surface area contributed by atoms with Gasteiger partial charge in [-0.1, -0.05) is 58.6 Å². The Morgan fingerprint density at radius 1 is 1.26 bits per heavy atom. The van der Waals surface area contributed by atoms with Crippen molar-refractivity contribution in [3.63, 3.8) is 0 Å². The largest absolute Gasteiger partial charge is 0.465 e. The van der Waals surface area contributed by atoms with Gasteiger partial charge in [0.25, 0.3) is 0 Å². The first kappa shape index (κ1) is 29.2. The molecule has 8 heteroatoms. The summed E-state index contributed by atoms with van der Waals surface area (Å²) in [5.74, 6) is -1.67. The highest BCUT2D eigenvalue weighted by atomic mass is 32.2. The topological polar surface area (TPSA) is 87.2 Å². The minimum atomic E-state index is -0.719. The number of thioether (sulfide) groups is 1. The molecule has 3 unspecified atom stereocenters. The monoisotopic (exact) mass is 546 g/mol. The Balaban J connectivity index is 1.79. The first-order chi connectivity index (χ1) is 18.3. The van der Waals surface area contributed by atoms with Crippen LogP contribution in [0, 0.1) is 23.7 Å². The molecule has 0 aromatic heterocycles. The lowest BCUT2D eigenvalue weighted by Crippen LogP contribution is -2.61. The predicted octanol–water partition coefficient (Wildman–Crippen LogP) is 4.20. The zero-order chi connectivity index (χ0) is 27.6. The van der Waals surface area contributed by atoms with E-state index in [4.69, 9.17) is 4.74 Å². The first-order valence-corrected chi connectivity index (χ1v) is 15.5. The number of fused-ring (bicyclic) bond motifs is 1. The number of likely N-dealkylation sites (tertiary alicyclic amines) is 1. The highest BCUT2D eigenvalue weighted by Gasteiger charge is 2.77. The number of ether oxygens (including phenoxy) is 1. The fourth-order valence-electron chi connectivity index (χ4n) is 7.63. The van der Waals surface area contributed by atoms with Crippen molar-refractivity contribution < 1.29 is 24.2 Å². The molecule has 4 fully saturated rings. The molecule has 4 rings (SSSR count). The van der Waals surface area contributed by atoms with Gasteiger partial charge in [-0.05, 0) is 37.5 Å². The van der Waals surface area contributed by atoms with Crippen molar-refractivity contribution in [2.45, 2.75) is 100 Å². The molecule has 38 heavy (non-hydrogen) atoms. The van der Waals surface area contributed by atoms with E-state index >= 15 is 0 Å². The smallest absolute Gasteiger partial charge is 0.310 e.